The topological polar surface area (TPSA) is 141 Å². The van der Waals surface area contributed by atoms with Gasteiger partial charge in [-0.2, -0.15) is 0 Å². The number of hydrogen-bond donors (Lipinski definition) is 3. The van der Waals surface area contributed by atoms with Gasteiger partial charge < -0.3 is 10.2 Å². The number of amides is 1. The van der Waals surface area contributed by atoms with Crippen molar-refractivity contribution >= 4 is 21.9 Å². The van der Waals surface area contributed by atoms with Gasteiger partial charge >= 0.3 is 5.97 Å². The molecule has 0 aliphatic carbocycles. The Kier molecular flexibility index (Phi) is 8.27. The van der Waals surface area contributed by atoms with Gasteiger partial charge in [-0.3, -0.25) is 9.80 Å². The molecule has 9 nitrogen and oxygen atoms in total. The lowest BCUT2D eigenvalue weighted by molar-refractivity contribution is -0.138. The summed E-state index contributed by atoms with van der Waals surface area (Å²) in [4.78, 5) is 23.6. The molecule has 3 aromatic rings. The Labute approximate surface area is 222 Å². The van der Waals surface area contributed by atoms with Crippen LogP contribution in [0.2, 0.25) is 0 Å². The third-order valence-electron chi connectivity index (χ3n) is 6.80. The molecular weight excluding hydrogens is 506 g/mol. The van der Waals surface area contributed by atoms with Gasteiger partial charge in [0.1, 0.15) is 0 Å². The zero-order valence-electron chi connectivity index (χ0n) is 21.1. The van der Waals surface area contributed by atoms with E-state index in [1.165, 1.54) is 12.1 Å². The highest BCUT2D eigenvalue weighted by Crippen LogP contribution is 2.29. The van der Waals surface area contributed by atoms with E-state index in [9.17, 15) is 23.1 Å². The van der Waals surface area contributed by atoms with E-state index in [0.717, 1.165) is 27.8 Å². The van der Waals surface area contributed by atoms with Gasteiger partial charge in [0.25, 0.3) is 0 Å². The van der Waals surface area contributed by atoms with E-state index >= 15 is 0 Å². The number of aliphatic hydroxyl groups excluding tert-OH is 1. The summed E-state index contributed by atoms with van der Waals surface area (Å²) in [7, 11) is -3.79. The number of aryl methyl sites for hydroxylation is 1. The fourth-order valence-corrected chi connectivity index (χ4v) is 5.27. The minimum absolute atomic E-state index is 0.0297. The van der Waals surface area contributed by atoms with Crippen molar-refractivity contribution in [2.45, 2.75) is 37.2 Å². The number of aliphatic hydroxyl groups is 1. The maximum absolute atomic E-state index is 12.5. The molecule has 1 aliphatic rings. The fraction of sp³-hybridized carbons (Fsp3) is 0.286. The molecule has 10 heteroatoms. The summed E-state index contributed by atoms with van der Waals surface area (Å²) < 4.78 is 23.3. The van der Waals surface area contributed by atoms with Gasteiger partial charge in [0.05, 0.1) is 16.6 Å². The van der Waals surface area contributed by atoms with Crippen molar-refractivity contribution in [1.29, 1.82) is 0 Å². The highest BCUT2D eigenvalue weighted by atomic mass is 32.2. The average molecular weight is 538 g/mol. The number of carboxylic acids is 1. The summed E-state index contributed by atoms with van der Waals surface area (Å²) >= 11 is 0. The Morgan fingerprint density at radius 1 is 1.05 bits per heavy atom. The standard InChI is InChI=1S/C28H31N3O6S/c1-19-17-24(38(29,36)37)9-10-25(19)22-3-2-4-23(18-22)26(32)12-14-30-15-13-27(33)31(30)16-11-20-5-7-21(8-6-20)28(34)35/h2-10,17-18,26,32H,11-16H2,1H3,(H,34,35)(H2,29,36,37)/t26-/m0/s1. The second kappa shape index (κ2) is 11.4. The quantitative estimate of drug-likeness (QED) is 0.361. The van der Waals surface area contributed by atoms with Crippen molar-refractivity contribution in [2.75, 3.05) is 19.6 Å². The summed E-state index contributed by atoms with van der Waals surface area (Å²) in [6, 6.07) is 18.8. The molecule has 0 bridgehead atoms. The van der Waals surface area contributed by atoms with Crippen LogP contribution in [-0.4, -0.2) is 60.2 Å². The van der Waals surface area contributed by atoms with E-state index in [1.54, 1.807) is 35.3 Å². The smallest absolute Gasteiger partial charge is 0.335 e. The Hall–Kier alpha value is -3.57. The minimum Gasteiger partial charge on any atom is -0.478 e. The fourth-order valence-electron chi connectivity index (χ4n) is 4.67. The first kappa shape index (κ1) is 27.5. The number of primary sulfonamides is 1. The number of nitrogens with two attached hydrogens (primary N) is 1. The highest BCUT2D eigenvalue weighted by molar-refractivity contribution is 7.89. The van der Waals surface area contributed by atoms with E-state index in [-0.39, 0.29) is 16.4 Å². The lowest BCUT2D eigenvalue weighted by Crippen LogP contribution is -2.41. The number of benzene rings is 3. The SMILES string of the molecule is Cc1cc(S(N)(=O)=O)ccc1-c1cccc([C@@H](O)CCN2CCC(=O)N2CCc2ccc(C(=O)O)cc2)c1. The number of sulfonamides is 1. The molecule has 4 rings (SSSR count). The van der Waals surface area contributed by atoms with Crippen LogP contribution < -0.4 is 5.14 Å². The van der Waals surface area contributed by atoms with Gasteiger partial charge in [0, 0.05) is 26.1 Å². The zero-order valence-corrected chi connectivity index (χ0v) is 21.9. The zero-order chi connectivity index (χ0) is 27.4. The second-order valence-electron chi connectivity index (χ2n) is 9.42. The van der Waals surface area contributed by atoms with Crippen LogP contribution in [0.25, 0.3) is 11.1 Å². The molecular formula is C28H31N3O6S. The van der Waals surface area contributed by atoms with Crippen molar-refractivity contribution < 1.29 is 28.2 Å². The van der Waals surface area contributed by atoms with Gasteiger partial charge in [-0.25, -0.2) is 23.4 Å². The van der Waals surface area contributed by atoms with Crippen LogP contribution in [0, 0.1) is 6.92 Å². The van der Waals surface area contributed by atoms with E-state index < -0.39 is 22.1 Å². The van der Waals surface area contributed by atoms with Crippen molar-refractivity contribution in [1.82, 2.24) is 10.0 Å². The lowest BCUT2D eigenvalue weighted by Gasteiger charge is -2.29. The van der Waals surface area contributed by atoms with Crippen molar-refractivity contribution in [3.8, 4) is 11.1 Å². The number of hydrazine groups is 1. The Morgan fingerprint density at radius 3 is 2.45 bits per heavy atom. The summed E-state index contributed by atoms with van der Waals surface area (Å²) in [6.45, 7) is 3.37. The van der Waals surface area contributed by atoms with Crippen molar-refractivity contribution in [3.05, 3.63) is 89.0 Å². The van der Waals surface area contributed by atoms with Crippen LogP contribution in [-0.2, 0) is 21.2 Å². The number of rotatable bonds is 10. The third kappa shape index (κ3) is 6.46. The summed E-state index contributed by atoms with van der Waals surface area (Å²) in [5, 5.41) is 28.9. The van der Waals surface area contributed by atoms with Crippen molar-refractivity contribution in [2.24, 2.45) is 5.14 Å². The molecule has 3 aromatic carbocycles. The molecule has 38 heavy (non-hydrogen) atoms. The minimum atomic E-state index is -3.79. The summed E-state index contributed by atoms with van der Waals surface area (Å²) in [5.74, 6) is -0.946. The number of carbonyl (C=O) groups excluding carboxylic acids is 1. The van der Waals surface area contributed by atoms with Crippen molar-refractivity contribution in [3.63, 3.8) is 0 Å². The molecule has 0 saturated carbocycles. The monoisotopic (exact) mass is 537 g/mol. The molecule has 1 saturated heterocycles. The number of aromatic carboxylic acids is 1. The van der Waals surface area contributed by atoms with Crippen LogP contribution >= 0.6 is 0 Å². The number of carboxylic acid groups (broad SMARTS) is 1. The predicted molar refractivity (Wildman–Crippen MR) is 143 cm³/mol. The molecule has 0 aromatic heterocycles. The van der Waals surface area contributed by atoms with Crippen LogP contribution in [0.4, 0.5) is 0 Å². The first-order chi connectivity index (χ1) is 18.0. The third-order valence-corrected chi connectivity index (χ3v) is 7.71. The number of nitrogens with zero attached hydrogens (tertiary/aromatic N) is 2. The highest BCUT2D eigenvalue weighted by Gasteiger charge is 2.28. The molecule has 0 unspecified atom stereocenters. The molecule has 0 radical (unpaired) electrons. The average Bonchev–Trinajstić information content (AvgIpc) is 3.24. The van der Waals surface area contributed by atoms with E-state index in [1.807, 2.05) is 36.2 Å². The first-order valence-corrected chi connectivity index (χ1v) is 13.9. The van der Waals surface area contributed by atoms with Crippen LogP contribution in [0.15, 0.2) is 71.6 Å². The Balaban J connectivity index is 1.38. The van der Waals surface area contributed by atoms with E-state index in [4.69, 9.17) is 10.2 Å². The molecule has 1 aliphatic heterocycles. The normalized spacial score (nSPS) is 15.1. The Bertz CT molecular complexity index is 1440. The Morgan fingerprint density at radius 2 is 1.79 bits per heavy atom. The summed E-state index contributed by atoms with van der Waals surface area (Å²) in [6.07, 6.45) is 0.678. The molecule has 0 spiro atoms. The van der Waals surface area contributed by atoms with Crippen LogP contribution in [0.1, 0.15) is 46.0 Å². The molecule has 1 fully saturated rings. The number of hydrogen-bond acceptors (Lipinski definition) is 6. The maximum atomic E-state index is 12.5. The number of carbonyl (C=O) groups is 2. The van der Waals surface area contributed by atoms with Gasteiger partial charge in [0.15, 0.2) is 0 Å². The molecule has 1 heterocycles. The van der Waals surface area contributed by atoms with Crippen LogP contribution in [0.5, 0.6) is 0 Å². The molecule has 1 atom stereocenters. The lowest BCUT2D eigenvalue weighted by atomic mass is 9.96. The largest absolute Gasteiger partial charge is 0.478 e. The van der Waals surface area contributed by atoms with Gasteiger partial charge in [-0.15, -0.1) is 0 Å². The molecule has 200 valence electrons. The summed E-state index contributed by atoms with van der Waals surface area (Å²) in [5.41, 5.74) is 4.35. The second-order valence-corrected chi connectivity index (χ2v) is 11.0. The van der Waals surface area contributed by atoms with Crippen LogP contribution in [0.3, 0.4) is 0 Å². The van der Waals surface area contributed by atoms with Gasteiger partial charge in [-0.1, -0.05) is 36.4 Å². The van der Waals surface area contributed by atoms with Gasteiger partial charge in [-0.05, 0) is 77.9 Å². The molecule has 1 amide bonds. The predicted octanol–water partition coefficient (Wildman–Crippen LogP) is 3.12. The van der Waals surface area contributed by atoms with E-state index in [0.29, 0.717) is 38.9 Å². The molecule has 4 N–H and O–H groups in total. The first-order valence-electron chi connectivity index (χ1n) is 12.3. The van der Waals surface area contributed by atoms with Gasteiger partial charge in [0.2, 0.25) is 15.9 Å². The maximum Gasteiger partial charge on any atom is 0.335 e. The van der Waals surface area contributed by atoms with E-state index in [2.05, 4.69) is 0 Å².